The van der Waals surface area contributed by atoms with Crippen LogP contribution in [0.5, 0.6) is 5.75 Å². The molecule has 1 aromatic rings. The van der Waals surface area contributed by atoms with Crippen molar-refractivity contribution in [1.29, 1.82) is 0 Å². The zero-order chi connectivity index (χ0) is 13.2. The molecule has 0 fully saturated rings. The van der Waals surface area contributed by atoms with Crippen LogP contribution in [0.2, 0.25) is 0 Å². The Kier molecular flexibility index (Phi) is 6.87. The molecular weight excluding hydrogens is 230 g/mol. The lowest BCUT2D eigenvalue weighted by atomic mass is 10.1. The summed E-state index contributed by atoms with van der Waals surface area (Å²) in [5, 5.41) is 20.6. The van der Waals surface area contributed by atoms with E-state index in [9.17, 15) is 0 Å². The van der Waals surface area contributed by atoms with E-state index < -0.39 is 0 Å². The Balaban J connectivity index is 2.42. The van der Waals surface area contributed by atoms with Crippen LogP contribution >= 0.6 is 0 Å². The monoisotopic (exact) mass is 251 g/mol. The average Bonchev–Trinajstić information content (AvgIpc) is 2.42. The van der Waals surface area contributed by atoms with Crippen molar-refractivity contribution in [3.63, 3.8) is 0 Å². The fourth-order valence-corrected chi connectivity index (χ4v) is 1.69. The quantitative estimate of drug-likeness (QED) is 0.323. The van der Waals surface area contributed by atoms with E-state index in [1.165, 1.54) is 0 Å². The van der Waals surface area contributed by atoms with Gasteiger partial charge in [-0.1, -0.05) is 23.7 Å². The fraction of sp³-hybridized carbons (Fsp3) is 0.500. The summed E-state index contributed by atoms with van der Waals surface area (Å²) in [5.41, 5.74) is 1.36. The van der Waals surface area contributed by atoms with Gasteiger partial charge in [0.05, 0.1) is 12.3 Å². The van der Waals surface area contributed by atoms with Crippen LogP contribution < -0.4 is 4.74 Å². The topological polar surface area (TPSA) is 62.1 Å². The molecule has 4 heteroatoms. The van der Waals surface area contributed by atoms with Crippen LogP contribution in [0, 0.1) is 0 Å². The Hall–Kier alpha value is -1.55. The van der Waals surface area contributed by atoms with Gasteiger partial charge in [0.15, 0.2) is 0 Å². The molecule has 0 saturated carbocycles. The summed E-state index contributed by atoms with van der Waals surface area (Å²) in [4.78, 5) is 0. The number of ether oxygens (including phenoxy) is 1. The zero-order valence-corrected chi connectivity index (χ0v) is 10.8. The Morgan fingerprint density at radius 3 is 2.61 bits per heavy atom. The average molecular weight is 251 g/mol. The molecule has 18 heavy (non-hydrogen) atoms. The molecule has 0 saturated heterocycles. The molecule has 0 bridgehead atoms. The molecule has 0 amide bonds. The molecule has 100 valence electrons. The van der Waals surface area contributed by atoms with Gasteiger partial charge in [-0.05, 0) is 38.3 Å². The summed E-state index contributed by atoms with van der Waals surface area (Å²) >= 11 is 0. The van der Waals surface area contributed by atoms with Crippen molar-refractivity contribution in [2.24, 2.45) is 5.16 Å². The first kappa shape index (κ1) is 14.5. The fourth-order valence-electron chi connectivity index (χ4n) is 1.69. The predicted octanol–water partition coefficient (Wildman–Crippen LogP) is 2.82. The number of aliphatic hydroxyl groups is 1. The standard InChI is InChI=1S/C14H21NO3/c1-12(15-17)13-8-4-5-9-14(13)18-11-7-3-2-6-10-16/h4-5,8-9,16-17H,2-3,6-7,10-11H2,1H3/b15-12-. The Morgan fingerprint density at radius 2 is 1.89 bits per heavy atom. The molecule has 1 aromatic carbocycles. The lowest BCUT2D eigenvalue weighted by Crippen LogP contribution is -2.03. The van der Waals surface area contributed by atoms with Crippen LogP contribution in [0.15, 0.2) is 29.4 Å². The van der Waals surface area contributed by atoms with Crippen LogP contribution in [0.25, 0.3) is 0 Å². The highest BCUT2D eigenvalue weighted by Gasteiger charge is 2.05. The number of oxime groups is 1. The van der Waals surface area contributed by atoms with Gasteiger partial charge < -0.3 is 15.1 Å². The Morgan fingerprint density at radius 1 is 1.17 bits per heavy atom. The van der Waals surface area contributed by atoms with E-state index in [-0.39, 0.29) is 6.61 Å². The summed E-state index contributed by atoms with van der Waals surface area (Å²) in [6, 6.07) is 7.53. The highest BCUT2D eigenvalue weighted by atomic mass is 16.5. The Bertz CT molecular complexity index is 377. The smallest absolute Gasteiger partial charge is 0.128 e. The molecule has 0 atom stereocenters. The van der Waals surface area contributed by atoms with Crippen molar-refractivity contribution >= 4 is 5.71 Å². The minimum absolute atomic E-state index is 0.260. The lowest BCUT2D eigenvalue weighted by molar-refractivity contribution is 0.273. The largest absolute Gasteiger partial charge is 0.493 e. The van der Waals surface area contributed by atoms with E-state index in [0.29, 0.717) is 12.3 Å². The third kappa shape index (κ3) is 4.75. The number of benzene rings is 1. The van der Waals surface area contributed by atoms with Crippen LogP contribution in [-0.4, -0.2) is 29.2 Å². The van der Waals surface area contributed by atoms with E-state index in [1.807, 2.05) is 24.3 Å². The zero-order valence-electron chi connectivity index (χ0n) is 10.8. The third-order valence-electron chi connectivity index (χ3n) is 2.74. The molecular formula is C14H21NO3. The maximum atomic E-state index is 8.79. The minimum Gasteiger partial charge on any atom is -0.493 e. The van der Waals surface area contributed by atoms with E-state index in [4.69, 9.17) is 15.1 Å². The summed E-state index contributed by atoms with van der Waals surface area (Å²) in [7, 11) is 0. The number of hydrogen-bond donors (Lipinski definition) is 2. The lowest BCUT2D eigenvalue weighted by Gasteiger charge is -2.10. The summed E-state index contributed by atoms with van der Waals surface area (Å²) < 4.78 is 5.69. The van der Waals surface area contributed by atoms with Crippen molar-refractivity contribution in [2.75, 3.05) is 13.2 Å². The summed E-state index contributed by atoms with van der Waals surface area (Å²) in [6.07, 6.45) is 3.89. The molecule has 2 N–H and O–H groups in total. The van der Waals surface area contributed by atoms with Crippen LogP contribution in [0.4, 0.5) is 0 Å². The number of para-hydroxylation sites is 1. The van der Waals surface area contributed by atoms with Gasteiger partial charge in [-0.15, -0.1) is 0 Å². The van der Waals surface area contributed by atoms with Gasteiger partial charge in [-0.3, -0.25) is 0 Å². The van der Waals surface area contributed by atoms with E-state index in [2.05, 4.69) is 5.16 Å². The van der Waals surface area contributed by atoms with Crippen molar-refractivity contribution in [3.05, 3.63) is 29.8 Å². The molecule has 0 radical (unpaired) electrons. The van der Waals surface area contributed by atoms with Gasteiger partial charge in [0.25, 0.3) is 0 Å². The van der Waals surface area contributed by atoms with Crippen molar-refractivity contribution in [1.82, 2.24) is 0 Å². The van der Waals surface area contributed by atoms with Crippen molar-refractivity contribution in [3.8, 4) is 5.75 Å². The van der Waals surface area contributed by atoms with Gasteiger partial charge in [0, 0.05) is 12.2 Å². The molecule has 0 aromatic heterocycles. The SMILES string of the molecule is C/C(=N/O)c1ccccc1OCCCCCCO. The molecule has 0 aliphatic heterocycles. The number of hydrogen-bond acceptors (Lipinski definition) is 4. The maximum Gasteiger partial charge on any atom is 0.128 e. The third-order valence-corrected chi connectivity index (χ3v) is 2.74. The first-order valence-electron chi connectivity index (χ1n) is 6.31. The molecule has 0 spiro atoms. The van der Waals surface area contributed by atoms with Gasteiger partial charge in [-0.25, -0.2) is 0 Å². The maximum absolute atomic E-state index is 8.79. The van der Waals surface area contributed by atoms with Crippen LogP contribution in [0.3, 0.4) is 0 Å². The molecule has 4 nitrogen and oxygen atoms in total. The number of aliphatic hydroxyl groups excluding tert-OH is 1. The molecule has 0 unspecified atom stereocenters. The minimum atomic E-state index is 0.260. The van der Waals surface area contributed by atoms with Gasteiger partial charge in [0.2, 0.25) is 0 Å². The summed E-state index contributed by atoms with van der Waals surface area (Å²) in [6.45, 7) is 2.64. The number of nitrogens with zero attached hydrogens (tertiary/aromatic N) is 1. The van der Waals surface area contributed by atoms with Crippen LogP contribution in [-0.2, 0) is 0 Å². The van der Waals surface area contributed by atoms with E-state index >= 15 is 0 Å². The Labute approximate surface area is 108 Å². The molecule has 0 aliphatic rings. The van der Waals surface area contributed by atoms with Crippen molar-refractivity contribution < 1.29 is 15.1 Å². The molecule has 0 aliphatic carbocycles. The normalized spacial score (nSPS) is 11.6. The molecule has 1 rings (SSSR count). The van der Waals surface area contributed by atoms with Gasteiger partial charge in [0.1, 0.15) is 5.75 Å². The highest BCUT2D eigenvalue weighted by Crippen LogP contribution is 2.19. The van der Waals surface area contributed by atoms with Crippen LogP contribution in [0.1, 0.15) is 38.2 Å². The second kappa shape index (κ2) is 8.53. The first-order valence-corrected chi connectivity index (χ1v) is 6.31. The number of unbranched alkanes of at least 4 members (excludes halogenated alkanes) is 3. The highest BCUT2D eigenvalue weighted by molar-refractivity contribution is 6.00. The van der Waals surface area contributed by atoms with Gasteiger partial charge in [-0.2, -0.15) is 0 Å². The predicted molar refractivity (Wildman–Crippen MR) is 71.5 cm³/mol. The van der Waals surface area contributed by atoms with E-state index in [0.717, 1.165) is 37.0 Å². The molecule has 0 heterocycles. The summed E-state index contributed by atoms with van der Waals surface area (Å²) in [5.74, 6) is 0.745. The van der Waals surface area contributed by atoms with Crippen molar-refractivity contribution in [2.45, 2.75) is 32.6 Å². The number of rotatable bonds is 8. The first-order chi connectivity index (χ1) is 8.79. The van der Waals surface area contributed by atoms with Gasteiger partial charge >= 0.3 is 0 Å². The second-order valence-corrected chi connectivity index (χ2v) is 4.17. The second-order valence-electron chi connectivity index (χ2n) is 4.17. The van der Waals surface area contributed by atoms with E-state index in [1.54, 1.807) is 6.92 Å².